The Morgan fingerprint density at radius 3 is 2.04 bits per heavy atom. The maximum Gasteiger partial charge on any atom is 1.00 e. The maximum atomic E-state index is 9.98. The molecule has 0 heterocycles. The van der Waals surface area contributed by atoms with E-state index in [1.165, 1.54) is 4.90 Å². The van der Waals surface area contributed by atoms with Crippen molar-refractivity contribution < 1.29 is 55.1 Å². The van der Waals surface area contributed by atoms with Crippen LogP contribution in [0.15, 0.2) is 30.3 Å². The molecule has 23 heavy (non-hydrogen) atoms. The molecule has 0 aliphatic carbocycles. The van der Waals surface area contributed by atoms with Gasteiger partial charge in [-0.05, 0) is 5.56 Å². The maximum absolute atomic E-state index is 9.98. The molecule has 5 N–H and O–H groups in total. The third-order valence-corrected chi connectivity index (χ3v) is 3.72. The molecule has 0 saturated heterocycles. The first kappa shape index (κ1) is 23.1. The molecule has 0 amide bonds. The Morgan fingerprint density at radius 2 is 1.57 bits per heavy atom. The first-order valence-corrected chi connectivity index (χ1v) is 7.51. The summed E-state index contributed by atoms with van der Waals surface area (Å²) in [5.74, 6) is 0. The number of nitrogens with zero attached hydrogens (tertiary/aromatic N) is 1. The molecule has 0 unspecified atom stereocenters. The molecular formula is C14H20NNaO5S2. The zero-order valence-corrected chi connectivity index (χ0v) is 16.5. The van der Waals surface area contributed by atoms with Crippen LogP contribution in [-0.4, -0.2) is 72.3 Å². The van der Waals surface area contributed by atoms with Crippen molar-refractivity contribution in [2.24, 2.45) is 0 Å². The predicted molar refractivity (Wildman–Crippen MR) is 87.9 cm³/mol. The van der Waals surface area contributed by atoms with Crippen LogP contribution in [0, 0.1) is 0 Å². The van der Waals surface area contributed by atoms with E-state index in [0.717, 1.165) is 5.56 Å². The summed E-state index contributed by atoms with van der Waals surface area (Å²) in [6.45, 7) is -0.475. The van der Waals surface area contributed by atoms with Gasteiger partial charge in [0.15, 0.2) is 0 Å². The van der Waals surface area contributed by atoms with Crippen LogP contribution in [0.3, 0.4) is 0 Å². The average Bonchev–Trinajstić information content (AvgIpc) is 2.52. The molecule has 0 aromatic heterocycles. The third-order valence-electron chi connectivity index (χ3n) is 3.21. The molecule has 1 rings (SSSR count). The van der Waals surface area contributed by atoms with Crippen LogP contribution in [0.4, 0.5) is 0 Å². The van der Waals surface area contributed by atoms with E-state index in [4.69, 9.17) is 30.0 Å². The zero-order chi connectivity index (χ0) is 16.7. The fourth-order valence-electron chi connectivity index (χ4n) is 1.90. The molecule has 1 aromatic carbocycles. The SMILES string of the molecule is OC[C@@H](O)[C@@H](O)[C@H](O)[C@@H](O)CN(Cc1ccccc1)C(=S)[S-].[Na+]. The Labute approximate surface area is 168 Å². The van der Waals surface area contributed by atoms with E-state index in [2.05, 4.69) is 0 Å². The van der Waals surface area contributed by atoms with E-state index in [1.54, 1.807) is 0 Å². The second-order valence-electron chi connectivity index (χ2n) is 4.93. The van der Waals surface area contributed by atoms with Crippen molar-refractivity contribution in [3.63, 3.8) is 0 Å². The number of hydrogen-bond acceptors (Lipinski definition) is 7. The minimum Gasteiger partial charge on any atom is -0.411 e. The number of rotatable bonds is 8. The number of benzene rings is 1. The Balaban J connectivity index is 0.00000484. The fraction of sp³-hybridized carbons (Fsp3) is 0.500. The van der Waals surface area contributed by atoms with Crippen LogP contribution in [0.1, 0.15) is 5.56 Å². The van der Waals surface area contributed by atoms with Gasteiger partial charge >= 0.3 is 29.6 Å². The summed E-state index contributed by atoms with van der Waals surface area (Å²) in [6.07, 6.45) is -6.23. The van der Waals surface area contributed by atoms with Crippen molar-refractivity contribution in [3.05, 3.63) is 35.9 Å². The average molecular weight is 369 g/mol. The van der Waals surface area contributed by atoms with Gasteiger partial charge in [0.25, 0.3) is 0 Å². The second kappa shape index (κ2) is 11.6. The summed E-state index contributed by atoms with van der Waals surface area (Å²) < 4.78 is 0.118. The van der Waals surface area contributed by atoms with E-state index in [9.17, 15) is 20.4 Å². The molecule has 4 atom stereocenters. The normalized spacial score (nSPS) is 15.9. The van der Waals surface area contributed by atoms with E-state index in [1.807, 2.05) is 30.3 Å². The summed E-state index contributed by atoms with van der Waals surface area (Å²) in [5.41, 5.74) is 0.923. The topological polar surface area (TPSA) is 104 Å². The molecule has 0 bridgehead atoms. The van der Waals surface area contributed by atoms with Gasteiger partial charge in [-0.15, -0.1) is 0 Å². The summed E-state index contributed by atoms with van der Waals surface area (Å²) in [4.78, 5) is 1.51. The molecule has 0 aliphatic rings. The van der Waals surface area contributed by atoms with Gasteiger partial charge < -0.3 is 55.3 Å². The number of thiocarbonyl (C=S) groups is 1. The fourth-order valence-corrected chi connectivity index (χ4v) is 2.18. The molecule has 124 valence electrons. The largest absolute Gasteiger partial charge is 1.00 e. The van der Waals surface area contributed by atoms with Crippen LogP contribution in [0.5, 0.6) is 0 Å². The number of aliphatic hydroxyl groups excluding tert-OH is 5. The Hall–Kier alpha value is 0.130. The van der Waals surface area contributed by atoms with Crippen molar-refractivity contribution in [1.29, 1.82) is 0 Å². The van der Waals surface area contributed by atoms with Crippen LogP contribution in [-0.2, 0) is 19.2 Å². The molecular weight excluding hydrogens is 349 g/mol. The van der Waals surface area contributed by atoms with Gasteiger partial charge in [0, 0.05) is 13.1 Å². The standard InChI is InChI=1S/C14H21NO5S2.Na/c16-8-11(18)13(20)12(19)10(17)7-15(14(21)22)6-9-4-2-1-3-5-9;/h1-5,10-13,16-20H,6-8H2,(H,21,22);/q;+1/p-1/t10-,11+,12+,13+;/m0./s1. The van der Waals surface area contributed by atoms with Crippen LogP contribution >= 0.6 is 12.2 Å². The quantitative estimate of drug-likeness (QED) is 0.178. The molecule has 0 spiro atoms. The van der Waals surface area contributed by atoms with Crippen molar-refractivity contribution >= 4 is 29.2 Å². The molecule has 1 aromatic rings. The third kappa shape index (κ3) is 7.70. The minimum absolute atomic E-state index is 0. The predicted octanol–water partition coefficient (Wildman–Crippen LogP) is -4.24. The molecule has 0 aliphatic heterocycles. The van der Waals surface area contributed by atoms with Crippen LogP contribution < -0.4 is 29.6 Å². The van der Waals surface area contributed by atoms with E-state index < -0.39 is 31.0 Å². The van der Waals surface area contributed by atoms with Crippen molar-refractivity contribution in [2.75, 3.05) is 13.2 Å². The van der Waals surface area contributed by atoms with Crippen molar-refractivity contribution in [2.45, 2.75) is 31.0 Å². The number of aliphatic hydroxyl groups is 5. The molecule has 9 heteroatoms. The smallest absolute Gasteiger partial charge is 0.411 e. The monoisotopic (exact) mass is 369 g/mol. The summed E-state index contributed by atoms with van der Waals surface area (Å²) in [7, 11) is 0. The van der Waals surface area contributed by atoms with Gasteiger partial charge in [-0.3, -0.25) is 0 Å². The van der Waals surface area contributed by atoms with E-state index >= 15 is 0 Å². The second-order valence-corrected chi connectivity index (χ2v) is 5.96. The van der Waals surface area contributed by atoms with Gasteiger partial charge in [-0.25, -0.2) is 0 Å². The Kier molecular flexibility index (Phi) is 11.7. The Bertz CT molecular complexity index is 468. The van der Waals surface area contributed by atoms with Gasteiger partial charge in [-0.1, -0.05) is 34.7 Å². The first-order chi connectivity index (χ1) is 10.4. The summed E-state index contributed by atoms with van der Waals surface area (Å²) >= 11 is 9.91. The zero-order valence-electron chi connectivity index (χ0n) is 12.8. The van der Waals surface area contributed by atoms with Crippen molar-refractivity contribution in [3.8, 4) is 0 Å². The van der Waals surface area contributed by atoms with Gasteiger partial charge in [0.05, 0.1) is 12.7 Å². The summed E-state index contributed by atoms with van der Waals surface area (Å²) in [6, 6.07) is 9.31. The molecule has 0 saturated carbocycles. The summed E-state index contributed by atoms with van der Waals surface area (Å²) in [5, 5.41) is 47.4. The minimum atomic E-state index is -1.67. The molecule has 0 radical (unpaired) electrons. The molecule has 6 nitrogen and oxygen atoms in total. The van der Waals surface area contributed by atoms with Crippen LogP contribution in [0.25, 0.3) is 0 Å². The molecule has 0 fully saturated rings. The van der Waals surface area contributed by atoms with Gasteiger partial charge in [-0.2, -0.15) is 0 Å². The van der Waals surface area contributed by atoms with Gasteiger partial charge in [0.2, 0.25) is 0 Å². The van der Waals surface area contributed by atoms with Gasteiger partial charge in [0.1, 0.15) is 18.3 Å². The number of hydrogen-bond donors (Lipinski definition) is 5. The first-order valence-electron chi connectivity index (χ1n) is 6.69. The van der Waals surface area contributed by atoms with Crippen LogP contribution in [0.2, 0.25) is 0 Å². The van der Waals surface area contributed by atoms with Crippen molar-refractivity contribution in [1.82, 2.24) is 4.90 Å². The van der Waals surface area contributed by atoms with E-state index in [-0.39, 0.29) is 40.4 Å². The Morgan fingerprint density at radius 1 is 1.04 bits per heavy atom. The van der Waals surface area contributed by atoms with E-state index in [0.29, 0.717) is 6.54 Å².